The smallest absolute Gasteiger partial charge is 0.139 e. The second kappa shape index (κ2) is 4.21. The number of fused-ring (bicyclic) bond motifs is 1. The topological polar surface area (TPSA) is 52.5 Å². The van der Waals surface area contributed by atoms with Gasteiger partial charge in [0.2, 0.25) is 0 Å². The summed E-state index contributed by atoms with van der Waals surface area (Å²) in [5, 5.41) is 10.00. The maximum Gasteiger partial charge on any atom is 0.139 e. The van der Waals surface area contributed by atoms with Crippen LogP contribution in [0.15, 0.2) is 47.6 Å². The first-order valence-electron chi connectivity index (χ1n) is 5.45. The number of nitrogens with one attached hydrogen (secondary N) is 1. The number of hydrogen-bond donors (Lipinski definition) is 2. The molecule has 0 radical (unpaired) electrons. The van der Waals surface area contributed by atoms with Gasteiger partial charge in [-0.1, -0.05) is 12.1 Å². The molecule has 0 fully saturated rings. The summed E-state index contributed by atoms with van der Waals surface area (Å²) in [7, 11) is 0. The molecule has 1 aromatic carbocycles. The maximum atomic E-state index is 9.14. The second-order valence-electron chi connectivity index (χ2n) is 3.95. The molecule has 3 aromatic rings. The predicted octanol–water partition coefficient (Wildman–Crippen LogP) is 3.39. The van der Waals surface area contributed by atoms with Crippen molar-refractivity contribution in [2.75, 3.05) is 0 Å². The van der Waals surface area contributed by atoms with Gasteiger partial charge in [-0.15, -0.1) is 12.6 Å². The number of H-pyrrole nitrogens is 1. The summed E-state index contributed by atoms with van der Waals surface area (Å²) in [6.07, 6.45) is 3.42. The van der Waals surface area contributed by atoms with E-state index in [2.05, 4.69) is 28.7 Å². The number of aromatic nitrogens is 2. The van der Waals surface area contributed by atoms with E-state index < -0.39 is 0 Å². The lowest BCUT2D eigenvalue weighted by molar-refractivity contribution is 1.32. The lowest BCUT2D eigenvalue weighted by Crippen LogP contribution is -1.84. The summed E-state index contributed by atoms with van der Waals surface area (Å²) in [6.45, 7) is 0. The molecule has 86 valence electrons. The third-order valence-corrected chi connectivity index (χ3v) is 3.13. The molecule has 2 heterocycles. The molecular formula is C14H9N3S. The lowest BCUT2D eigenvalue weighted by Gasteiger charge is -2.04. The number of thiol groups is 1. The molecule has 18 heavy (non-hydrogen) atoms. The zero-order valence-electron chi connectivity index (χ0n) is 9.38. The van der Waals surface area contributed by atoms with E-state index in [1.54, 1.807) is 12.4 Å². The Morgan fingerprint density at radius 3 is 2.94 bits per heavy atom. The summed E-state index contributed by atoms with van der Waals surface area (Å²) in [4.78, 5) is 8.14. The molecule has 1 N–H and O–H groups in total. The van der Waals surface area contributed by atoms with E-state index in [9.17, 15) is 0 Å². The minimum atomic E-state index is 0.609. The van der Waals surface area contributed by atoms with Crippen molar-refractivity contribution in [3.8, 4) is 17.2 Å². The molecule has 0 aliphatic rings. The molecule has 0 unspecified atom stereocenters. The van der Waals surface area contributed by atoms with Crippen LogP contribution in [0.2, 0.25) is 0 Å². The van der Waals surface area contributed by atoms with Gasteiger partial charge >= 0.3 is 0 Å². The van der Waals surface area contributed by atoms with Crippen molar-refractivity contribution in [3.05, 3.63) is 48.3 Å². The number of aromatic amines is 1. The summed E-state index contributed by atoms with van der Waals surface area (Å²) >= 11 is 4.34. The molecule has 0 saturated carbocycles. The van der Waals surface area contributed by atoms with Crippen molar-refractivity contribution in [1.29, 1.82) is 5.26 Å². The number of hydrogen-bond acceptors (Lipinski definition) is 3. The van der Waals surface area contributed by atoms with Crippen LogP contribution in [0.3, 0.4) is 0 Å². The van der Waals surface area contributed by atoms with E-state index in [-0.39, 0.29) is 0 Å². The van der Waals surface area contributed by atoms with E-state index >= 15 is 0 Å². The zero-order chi connectivity index (χ0) is 12.5. The average Bonchev–Trinajstić information content (AvgIpc) is 2.81. The first-order valence-corrected chi connectivity index (χ1v) is 5.90. The minimum Gasteiger partial charge on any atom is -0.345 e. The summed E-state index contributed by atoms with van der Waals surface area (Å²) in [5.41, 5.74) is 3.37. The lowest BCUT2D eigenvalue weighted by atomic mass is 10.0. The van der Waals surface area contributed by atoms with Gasteiger partial charge in [-0.25, -0.2) is 4.98 Å². The Kier molecular flexibility index (Phi) is 2.54. The normalized spacial score (nSPS) is 10.4. The van der Waals surface area contributed by atoms with Gasteiger partial charge in [-0.3, -0.25) is 0 Å². The summed E-state index contributed by atoms with van der Waals surface area (Å²) in [5.74, 6) is 0. The van der Waals surface area contributed by atoms with E-state index in [1.165, 1.54) is 0 Å². The number of rotatable bonds is 1. The van der Waals surface area contributed by atoms with Crippen LogP contribution in [0.4, 0.5) is 0 Å². The summed E-state index contributed by atoms with van der Waals surface area (Å²) in [6, 6.07) is 12.0. The van der Waals surface area contributed by atoms with Gasteiger partial charge in [0.1, 0.15) is 11.7 Å². The monoisotopic (exact) mass is 251 g/mol. The van der Waals surface area contributed by atoms with E-state index in [0.29, 0.717) is 5.56 Å². The first kappa shape index (κ1) is 10.9. The van der Waals surface area contributed by atoms with Gasteiger partial charge in [-0.2, -0.15) is 5.26 Å². The molecule has 0 spiro atoms. The molecule has 0 saturated heterocycles. The van der Waals surface area contributed by atoms with Crippen molar-refractivity contribution in [2.45, 2.75) is 4.90 Å². The Labute approximate surface area is 110 Å². The fourth-order valence-corrected chi connectivity index (χ4v) is 2.28. The van der Waals surface area contributed by atoms with Crippen molar-refractivity contribution in [2.24, 2.45) is 0 Å². The van der Waals surface area contributed by atoms with Gasteiger partial charge in [0.15, 0.2) is 0 Å². The van der Waals surface area contributed by atoms with Crippen LogP contribution >= 0.6 is 12.6 Å². The molecule has 3 nitrogen and oxygen atoms in total. The Morgan fingerprint density at radius 2 is 2.17 bits per heavy atom. The highest BCUT2D eigenvalue weighted by atomic mass is 32.1. The van der Waals surface area contributed by atoms with E-state index in [1.807, 2.05) is 30.3 Å². The predicted molar refractivity (Wildman–Crippen MR) is 73.5 cm³/mol. The Morgan fingerprint density at radius 1 is 1.28 bits per heavy atom. The third kappa shape index (κ3) is 1.66. The Hall–Kier alpha value is -2.25. The van der Waals surface area contributed by atoms with Gasteiger partial charge in [0.25, 0.3) is 0 Å². The molecule has 4 heteroatoms. The van der Waals surface area contributed by atoms with Crippen LogP contribution in [0.25, 0.3) is 22.2 Å². The molecule has 0 bridgehead atoms. The number of pyridine rings is 1. The second-order valence-corrected chi connectivity index (χ2v) is 4.46. The van der Waals surface area contributed by atoms with Gasteiger partial charge < -0.3 is 4.98 Å². The SMILES string of the molecule is N#Cc1c[nH]c2nccc(-c3cccc(S)c3)c12. The summed E-state index contributed by atoms with van der Waals surface area (Å²) < 4.78 is 0. The van der Waals surface area contributed by atoms with Crippen molar-refractivity contribution < 1.29 is 0 Å². The molecule has 0 atom stereocenters. The largest absolute Gasteiger partial charge is 0.345 e. The van der Waals surface area contributed by atoms with E-state index in [0.717, 1.165) is 27.1 Å². The maximum absolute atomic E-state index is 9.14. The molecule has 0 amide bonds. The van der Waals surface area contributed by atoms with Crippen molar-refractivity contribution in [1.82, 2.24) is 9.97 Å². The minimum absolute atomic E-state index is 0.609. The highest BCUT2D eigenvalue weighted by molar-refractivity contribution is 7.80. The van der Waals surface area contributed by atoms with Crippen LogP contribution in [0.1, 0.15) is 5.56 Å². The van der Waals surface area contributed by atoms with Crippen molar-refractivity contribution >= 4 is 23.7 Å². The van der Waals surface area contributed by atoms with Crippen LogP contribution in [0, 0.1) is 11.3 Å². The molecule has 0 aliphatic heterocycles. The Bertz CT molecular complexity index is 768. The number of nitriles is 1. The van der Waals surface area contributed by atoms with Gasteiger partial charge in [0, 0.05) is 22.7 Å². The highest BCUT2D eigenvalue weighted by Gasteiger charge is 2.10. The molecule has 2 aromatic heterocycles. The number of benzene rings is 1. The fraction of sp³-hybridized carbons (Fsp3) is 0. The Balaban J connectivity index is 2.36. The van der Waals surface area contributed by atoms with Gasteiger partial charge in [-0.05, 0) is 29.3 Å². The number of nitrogens with zero attached hydrogens (tertiary/aromatic N) is 2. The van der Waals surface area contributed by atoms with Crippen molar-refractivity contribution in [3.63, 3.8) is 0 Å². The fourth-order valence-electron chi connectivity index (χ4n) is 2.06. The quantitative estimate of drug-likeness (QED) is 0.651. The average molecular weight is 251 g/mol. The molecule has 3 rings (SSSR count). The van der Waals surface area contributed by atoms with Crippen LogP contribution in [-0.4, -0.2) is 9.97 Å². The highest BCUT2D eigenvalue weighted by Crippen LogP contribution is 2.30. The van der Waals surface area contributed by atoms with Crippen LogP contribution in [-0.2, 0) is 0 Å². The third-order valence-electron chi connectivity index (χ3n) is 2.85. The zero-order valence-corrected chi connectivity index (χ0v) is 10.3. The van der Waals surface area contributed by atoms with E-state index in [4.69, 9.17) is 5.26 Å². The first-order chi connectivity index (χ1) is 8.79. The van der Waals surface area contributed by atoms with Crippen LogP contribution < -0.4 is 0 Å². The van der Waals surface area contributed by atoms with Crippen LogP contribution in [0.5, 0.6) is 0 Å². The molecule has 0 aliphatic carbocycles. The standard InChI is InChI=1S/C14H9N3S/c15-7-10-8-17-14-13(10)12(4-5-16-14)9-2-1-3-11(18)6-9/h1-6,8,18H,(H,16,17). The van der Waals surface area contributed by atoms with Gasteiger partial charge in [0.05, 0.1) is 5.56 Å². The molecular weight excluding hydrogens is 242 g/mol.